The van der Waals surface area contributed by atoms with Gasteiger partial charge in [-0.25, -0.2) is 0 Å². The van der Waals surface area contributed by atoms with Gasteiger partial charge >= 0.3 is 0 Å². The molecule has 1 aliphatic heterocycles. The Kier molecular flexibility index (Phi) is 1.71. The predicted octanol–water partition coefficient (Wildman–Crippen LogP) is -0.112. The molecule has 1 saturated heterocycles. The van der Waals surface area contributed by atoms with Crippen LogP contribution in [0.1, 0.15) is 6.42 Å². The summed E-state index contributed by atoms with van der Waals surface area (Å²) in [5.74, 6) is -0.381. The molecule has 4 heteroatoms. The van der Waals surface area contributed by atoms with Crippen LogP contribution < -0.4 is 5.32 Å². The zero-order valence-electron chi connectivity index (χ0n) is 4.69. The summed E-state index contributed by atoms with van der Waals surface area (Å²) < 4.78 is 0. The van der Waals surface area contributed by atoms with E-state index in [-0.39, 0.29) is 18.2 Å². The first-order valence-electron chi connectivity index (χ1n) is 2.66. The fourth-order valence-electron chi connectivity index (χ4n) is 0.766. The second-order valence-electron chi connectivity index (χ2n) is 2.01. The average molecular weight is 148 g/mol. The van der Waals surface area contributed by atoms with E-state index in [9.17, 15) is 9.59 Å². The molecule has 1 rings (SSSR count). The Bertz CT molecular complexity index is 157. The summed E-state index contributed by atoms with van der Waals surface area (Å²) >= 11 is 5.12. The molecule has 9 heavy (non-hydrogen) atoms. The van der Waals surface area contributed by atoms with Crippen molar-refractivity contribution >= 4 is 22.8 Å². The van der Waals surface area contributed by atoms with E-state index in [4.69, 9.17) is 11.6 Å². The zero-order chi connectivity index (χ0) is 6.85. The lowest BCUT2D eigenvalue weighted by Crippen LogP contribution is -2.15. The quantitative estimate of drug-likeness (QED) is 0.526. The first kappa shape index (κ1) is 6.55. The van der Waals surface area contributed by atoms with Gasteiger partial charge in [-0.15, -0.1) is 0 Å². The van der Waals surface area contributed by atoms with E-state index in [0.29, 0.717) is 6.54 Å². The molecule has 0 aromatic heterocycles. The molecule has 1 aliphatic rings. The molecule has 0 bridgehead atoms. The highest BCUT2D eigenvalue weighted by atomic mass is 35.5. The van der Waals surface area contributed by atoms with E-state index in [0.717, 1.165) is 0 Å². The van der Waals surface area contributed by atoms with Gasteiger partial charge in [0.05, 0.1) is 5.92 Å². The molecule has 3 nitrogen and oxygen atoms in total. The molecule has 0 saturated carbocycles. The molecule has 1 fully saturated rings. The maximum atomic E-state index is 10.4. The molecule has 0 radical (unpaired) electrons. The highest BCUT2D eigenvalue weighted by molar-refractivity contribution is 6.64. The summed E-state index contributed by atoms with van der Waals surface area (Å²) in [6.07, 6.45) is 0.252. The van der Waals surface area contributed by atoms with E-state index in [1.54, 1.807) is 0 Å². The standard InChI is InChI=1S/C5H6ClNO2/c6-5(9)3-1-4(8)7-2-3/h3H,1-2H2,(H,7,8). The minimum atomic E-state index is -0.423. The van der Waals surface area contributed by atoms with Gasteiger partial charge in [-0.05, 0) is 11.6 Å². The maximum Gasteiger partial charge on any atom is 0.227 e. The zero-order valence-corrected chi connectivity index (χ0v) is 5.44. The van der Waals surface area contributed by atoms with Gasteiger partial charge in [0, 0.05) is 13.0 Å². The summed E-state index contributed by atoms with van der Waals surface area (Å²) in [5.41, 5.74) is 0. The molecule has 0 aliphatic carbocycles. The number of rotatable bonds is 1. The lowest BCUT2D eigenvalue weighted by Gasteiger charge is -1.94. The van der Waals surface area contributed by atoms with E-state index < -0.39 is 5.24 Å². The number of hydrogen-bond donors (Lipinski definition) is 1. The van der Waals surface area contributed by atoms with Gasteiger partial charge in [0.2, 0.25) is 11.1 Å². The number of carbonyl (C=O) groups excluding carboxylic acids is 2. The molecule has 1 unspecified atom stereocenters. The first-order chi connectivity index (χ1) is 4.20. The highest BCUT2D eigenvalue weighted by Gasteiger charge is 2.26. The molecule has 1 amide bonds. The van der Waals surface area contributed by atoms with Gasteiger partial charge in [-0.2, -0.15) is 0 Å². The van der Waals surface area contributed by atoms with Crippen molar-refractivity contribution < 1.29 is 9.59 Å². The Morgan fingerprint density at radius 1 is 1.78 bits per heavy atom. The summed E-state index contributed by atoms with van der Waals surface area (Å²) in [4.78, 5) is 20.8. The van der Waals surface area contributed by atoms with Crippen molar-refractivity contribution in [2.75, 3.05) is 6.54 Å². The molecule has 0 aromatic rings. The van der Waals surface area contributed by atoms with E-state index >= 15 is 0 Å². The maximum absolute atomic E-state index is 10.4. The van der Waals surface area contributed by atoms with Gasteiger partial charge < -0.3 is 5.32 Å². The fourth-order valence-corrected chi connectivity index (χ4v) is 0.920. The van der Waals surface area contributed by atoms with Crippen molar-refractivity contribution in [3.8, 4) is 0 Å². The van der Waals surface area contributed by atoms with E-state index in [1.807, 2.05) is 0 Å². The molecule has 50 valence electrons. The Labute approximate surface area is 57.4 Å². The third-order valence-electron chi connectivity index (χ3n) is 1.30. The van der Waals surface area contributed by atoms with Gasteiger partial charge in [0.15, 0.2) is 0 Å². The lowest BCUT2D eigenvalue weighted by molar-refractivity contribution is -0.121. The van der Waals surface area contributed by atoms with Crippen LogP contribution in [0.2, 0.25) is 0 Å². The smallest absolute Gasteiger partial charge is 0.227 e. The first-order valence-corrected chi connectivity index (χ1v) is 3.04. The molecular formula is C5H6ClNO2. The summed E-state index contributed by atoms with van der Waals surface area (Å²) in [6.45, 7) is 0.404. The van der Waals surface area contributed by atoms with Crippen LogP contribution in [0.25, 0.3) is 0 Å². The number of halogens is 1. The summed E-state index contributed by atoms with van der Waals surface area (Å²) in [5, 5.41) is 2.08. The van der Waals surface area contributed by atoms with Crippen molar-refractivity contribution in [1.82, 2.24) is 5.32 Å². The molecule has 1 atom stereocenters. The summed E-state index contributed by atoms with van der Waals surface area (Å²) in [6, 6.07) is 0. The van der Waals surface area contributed by atoms with Crippen LogP contribution >= 0.6 is 11.6 Å². The summed E-state index contributed by atoms with van der Waals surface area (Å²) in [7, 11) is 0. The van der Waals surface area contributed by atoms with Crippen molar-refractivity contribution in [1.29, 1.82) is 0 Å². The van der Waals surface area contributed by atoms with Crippen molar-refractivity contribution in [2.45, 2.75) is 6.42 Å². The number of nitrogens with one attached hydrogen (secondary N) is 1. The van der Waals surface area contributed by atoms with Crippen LogP contribution in [0.5, 0.6) is 0 Å². The van der Waals surface area contributed by atoms with Crippen LogP contribution in [0.4, 0.5) is 0 Å². The second-order valence-corrected chi connectivity index (χ2v) is 2.38. The van der Waals surface area contributed by atoms with Crippen LogP contribution in [0.3, 0.4) is 0 Å². The normalized spacial score (nSPS) is 25.9. The second kappa shape index (κ2) is 2.35. The molecular weight excluding hydrogens is 142 g/mol. The van der Waals surface area contributed by atoms with Gasteiger partial charge in [-0.3, -0.25) is 9.59 Å². The average Bonchev–Trinajstić information content (AvgIpc) is 2.14. The predicted molar refractivity (Wildman–Crippen MR) is 32.0 cm³/mol. The van der Waals surface area contributed by atoms with Gasteiger partial charge in [0.25, 0.3) is 0 Å². The Hall–Kier alpha value is -0.570. The minimum Gasteiger partial charge on any atom is -0.355 e. The SMILES string of the molecule is O=C1CC(C(=O)Cl)CN1. The van der Waals surface area contributed by atoms with Gasteiger partial charge in [0.1, 0.15) is 0 Å². The van der Waals surface area contributed by atoms with Crippen LogP contribution in [-0.2, 0) is 9.59 Å². The Balaban J connectivity index is 2.48. The van der Waals surface area contributed by atoms with Crippen LogP contribution in [-0.4, -0.2) is 17.7 Å². The van der Waals surface area contributed by atoms with Crippen molar-refractivity contribution in [2.24, 2.45) is 5.92 Å². The largest absolute Gasteiger partial charge is 0.355 e. The third kappa shape index (κ3) is 1.42. The third-order valence-corrected chi connectivity index (χ3v) is 1.61. The molecule has 0 aromatic carbocycles. The highest BCUT2D eigenvalue weighted by Crippen LogP contribution is 2.11. The van der Waals surface area contributed by atoms with Gasteiger partial charge in [-0.1, -0.05) is 0 Å². The fraction of sp³-hybridized carbons (Fsp3) is 0.600. The number of carbonyl (C=O) groups is 2. The monoisotopic (exact) mass is 147 g/mol. The van der Waals surface area contributed by atoms with E-state index in [2.05, 4.69) is 5.32 Å². The molecule has 1 N–H and O–H groups in total. The van der Waals surface area contributed by atoms with Crippen LogP contribution in [0, 0.1) is 5.92 Å². The molecule has 0 spiro atoms. The van der Waals surface area contributed by atoms with Crippen molar-refractivity contribution in [3.63, 3.8) is 0 Å². The Morgan fingerprint density at radius 3 is 2.67 bits per heavy atom. The van der Waals surface area contributed by atoms with E-state index in [1.165, 1.54) is 0 Å². The van der Waals surface area contributed by atoms with Crippen LogP contribution in [0.15, 0.2) is 0 Å². The Morgan fingerprint density at radius 2 is 2.44 bits per heavy atom. The topological polar surface area (TPSA) is 46.2 Å². The molecule has 1 heterocycles. The lowest BCUT2D eigenvalue weighted by atomic mass is 10.1. The van der Waals surface area contributed by atoms with Crippen molar-refractivity contribution in [3.05, 3.63) is 0 Å². The minimum absolute atomic E-state index is 0.0889. The number of hydrogen-bond acceptors (Lipinski definition) is 2. The number of amides is 1.